The maximum atomic E-state index is 12.9. The number of hydrogen-bond acceptors (Lipinski definition) is 2. The highest BCUT2D eigenvalue weighted by molar-refractivity contribution is 5.73. The molecule has 0 aliphatic rings. The molecule has 0 saturated carbocycles. The Balaban J connectivity index is 2.46. The third-order valence-electron chi connectivity index (χ3n) is 3.59. The smallest absolute Gasteiger partial charge is 0.416 e. The molecule has 0 unspecified atom stereocenters. The van der Waals surface area contributed by atoms with E-state index < -0.39 is 17.7 Å². The number of carbonyl (C=O) groups is 1. The van der Waals surface area contributed by atoms with E-state index in [0.29, 0.717) is 35.3 Å². The highest BCUT2D eigenvalue weighted by atomic mass is 19.4. The van der Waals surface area contributed by atoms with Crippen molar-refractivity contribution in [1.82, 2.24) is 5.32 Å². The molecule has 2 N–H and O–H groups in total. The number of hydrogen-bond donors (Lipinski definition) is 2. The zero-order valence-electron chi connectivity index (χ0n) is 13.2. The zero-order valence-corrected chi connectivity index (χ0v) is 13.2. The van der Waals surface area contributed by atoms with Gasteiger partial charge in [-0.25, -0.2) is 0 Å². The molecule has 2 rings (SSSR count). The van der Waals surface area contributed by atoms with E-state index in [1.54, 1.807) is 24.3 Å². The normalized spacial score (nSPS) is 11.5. The molecule has 3 nitrogen and oxygen atoms in total. The van der Waals surface area contributed by atoms with E-state index in [-0.39, 0.29) is 6.42 Å². The fraction of sp³-hybridized carbons (Fsp3) is 0.278. The maximum Gasteiger partial charge on any atom is 0.416 e. The molecule has 0 saturated heterocycles. The molecular weight excluding hydrogens is 319 g/mol. The summed E-state index contributed by atoms with van der Waals surface area (Å²) in [6.07, 6.45) is -4.53. The summed E-state index contributed by atoms with van der Waals surface area (Å²) >= 11 is 0. The van der Waals surface area contributed by atoms with Crippen LogP contribution in [-0.2, 0) is 23.9 Å². The predicted octanol–water partition coefficient (Wildman–Crippen LogP) is 4.11. The monoisotopic (exact) mass is 337 g/mol. The Morgan fingerprint density at radius 2 is 1.92 bits per heavy atom. The van der Waals surface area contributed by atoms with Crippen LogP contribution in [0.2, 0.25) is 0 Å². The Hall–Kier alpha value is -2.34. The first kappa shape index (κ1) is 18.0. The Morgan fingerprint density at radius 3 is 2.54 bits per heavy atom. The second-order valence-corrected chi connectivity index (χ2v) is 5.42. The average molecular weight is 337 g/mol. The summed E-state index contributed by atoms with van der Waals surface area (Å²) in [5, 5.41) is 11.9. The van der Waals surface area contributed by atoms with E-state index in [1.165, 1.54) is 6.07 Å². The summed E-state index contributed by atoms with van der Waals surface area (Å²) in [6.45, 7) is 2.81. The Bertz CT molecular complexity index is 726. The van der Waals surface area contributed by atoms with Crippen molar-refractivity contribution in [3.63, 3.8) is 0 Å². The van der Waals surface area contributed by atoms with Crippen molar-refractivity contribution < 1.29 is 23.1 Å². The molecule has 0 fully saturated rings. The van der Waals surface area contributed by atoms with Crippen molar-refractivity contribution in [2.75, 3.05) is 6.54 Å². The van der Waals surface area contributed by atoms with Gasteiger partial charge in [-0.1, -0.05) is 37.3 Å². The summed E-state index contributed by atoms with van der Waals surface area (Å²) in [7, 11) is 0. The molecule has 0 amide bonds. The number of aliphatic carboxylic acids is 1. The number of nitrogens with one attached hydrogen (secondary N) is 1. The van der Waals surface area contributed by atoms with Gasteiger partial charge >= 0.3 is 12.1 Å². The molecule has 0 spiro atoms. The molecule has 0 radical (unpaired) electrons. The topological polar surface area (TPSA) is 49.3 Å². The lowest BCUT2D eigenvalue weighted by Crippen LogP contribution is -2.14. The molecule has 2 aromatic carbocycles. The number of alkyl halides is 3. The highest BCUT2D eigenvalue weighted by Crippen LogP contribution is 2.33. The van der Waals surface area contributed by atoms with E-state index in [9.17, 15) is 18.0 Å². The molecule has 0 aliphatic carbocycles. The molecule has 0 aromatic heterocycles. The van der Waals surface area contributed by atoms with Gasteiger partial charge in [0.25, 0.3) is 0 Å². The van der Waals surface area contributed by atoms with Gasteiger partial charge in [0.05, 0.1) is 12.0 Å². The quantitative estimate of drug-likeness (QED) is 0.834. The van der Waals surface area contributed by atoms with Gasteiger partial charge in [-0.05, 0) is 40.9 Å². The van der Waals surface area contributed by atoms with E-state index in [0.717, 1.165) is 12.1 Å². The predicted molar refractivity (Wildman–Crippen MR) is 85.6 cm³/mol. The average Bonchev–Trinajstić information content (AvgIpc) is 2.51. The zero-order chi connectivity index (χ0) is 17.7. The summed E-state index contributed by atoms with van der Waals surface area (Å²) in [5.74, 6) is -0.951. The van der Waals surface area contributed by atoms with Gasteiger partial charge in [0, 0.05) is 6.54 Å². The number of halogens is 3. The van der Waals surface area contributed by atoms with Gasteiger partial charge in [-0.15, -0.1) is 0 Å². The minimum absolute atomic E-state index is 0.128. The third-order valence-corrected chi connectivity index (χ3v) is 3.59. The van der Waals surface area contributed by atoms with Crippen LogP contribution in [-0.4, -0.2) is 17.6 Å². The summed E-state index contributed by atoms with van der Waals surface area (Å²) in [4.78, 5) is 10.8. The van der Waals surface area contributed by atoms with Crippen LogP contribution in [0.3, 0.4) is 0 Å². The molecule has 24 heavy (non-hydrogen) atoms. The van der Waals surface area contributed by atoms with E-state index in [2.05, 4.69) is 5.32 Å². The lowest BCUT2D eigenvalue weighted by molar-refractivity contribution is -0.138. The maximum absolute atomic E-state index is 12.9. The van der Waals surface area contributed by atoms with Crippen molar-refractivity contribution in [2.45, 2.75) is 26.1 Å². The largest absolute Gasteiger partial charge is 0.481 e. The number of carboxylic acid groups (broad SMARTS) is 1. The van der Waals surface area contributed by atoms with Crippen LogP contribution in [0.4, 0.5) is 13.2 Å². The van der Waals surface area contributed by atoms with Crippen molar-refractivity contribution in [2.24, 2.45) is 0 Å². The van der Waals surface area contributed by atoms with Crippen molar-refractivity contribution in [3.8, 4) is 11.1 Å². The molecule has 0 bridgehead atoms. The first-order valence-electron chi connectivity index (χ1n) is 7.53. The molecule has 6 heteroatoms. The first-order valence-corrected chi connectivity index (χ1v) is 7.53. The lowest BCUT2D eigenvalue weighted by atomic mass is 9.95. The molecule has 0 aliphatic heterocycles. The van der Waals surface area contributed by atoms with Crippen LogP contribution in [0.1, 0.15) is 23.6 Å². The van der Waals surface area contributed by atoms with E-state index in [1.807, 2.05) is 6.92 Å². The molecule has 0 heterocycles. The second kappa shape index (κ2) is 7.49. The molecule has 2 aromatic rings. The van der Waals surface area contributed by atoms with Gasteiger partial charge in [0.1, 0.15) is 0 Å². The van der Waals surface area contributed by atoms with Crippen molar-refractivity contribution in [3.05, 3.63) is 59.2 Å². The third kappa shape index (κ3) is 4.58. The number of benzene rings is 2. The fourth-order valence-corrected chi connectivity index (χ4v) is 2.48. The highest BCUT2D eigenvalue weighted by Gasteiger charge is 2.31. The Kier molecular flexibility index (Phi) is 5.62. The van der Waals surface area contributed by atoms with Crippen LogP contribution >= 0.6 is 0 Å². The van der Waals surface area contributed by atoms with Crippen LogP contribution in [0.25, 0.3) is 11.1 Å². The summed E-state index contributed by atoms with van der Waals surface area (Å²) in [5.41, 5.74) is 1.81. The van der Waals surface area contributed by atoms with Crippen LogP contribution < -0.4 is 5.32 Å². The molecular formula is C18H18F3NO2. The van der Waals surface area contributed by atoms with Crippen LogP contribution in [0, 0.1) is 0 Å². The minimum Gasteiger partial charge on any atom is -0.481 e. The number of rotatable bonds is 6. The second-order valence-electron chi connectivity index (χ2n) is 5.42. The van der Waals surface area contributed by atoms with E-state index >= 15 is 0 Å². The van der Waals surface area contributed by atoms with Gasteiger partial charge in [0.15, 0.2) is 0 Å². The summed E-state index contributed by atoms with van der Waals surface area (Å²) < 4.78 is 38.8. The first-order chi connectivity index (χ1) is 11.3. The Labute approximate surface area is 138 Å². The lowest BCUT2D eigenvalue weighted by Gasteiger charge is -2.15. The van der Waals surface area contributed by atoms with Crippen molar-refractivity contribution in [1.29, 1.82) is 0 Å². The van der Waals surface area contributed by atoms with Crippen LogP contribution in [0.15, 0.2) is 42.5 Å². The van der Waals surface area contributed by atoms with Gasteiger partial charge < -0.3 is 10.4 Å². The minimum atomic E-state index is -4.40. The molecule has 0 atom stereocenters. The van der Waals surface area contributed by atoms with Crippen LogP contribution in [0.5, 0.6) is 0 Å². The van der Waals surface area contributed by atoms with Crippen molar-refractivity contribution >= 4 is 5.97 Å². The SMILES string of the molecule is CCNCc1cc(C(F)(F)F)ccc1-c1cccc(CC(=O)O)c1. The van der Waals surface area contributed by atoms with Gasteiger partial charge in [-0.2, -0.15) is 13.2 Å². The van der Waals surface area contributed by atoms with Gasteiger partial charge in [-0.3, -0.25) is 4.79 Å². The number of carboxylic acids is 1. The van der Waals surface area contributed by atoms with E-state index in [4.69, 9.17) is 5.11 Å². The standard InChI is InChI=1S/C18H18F3NO2/c1-2-22-11-14-10-15(18(19,20)21)6-7-16(14)13-5-3-4-12(8-13)9-17(23)24/h3-8,10,22H,2,9,11H2,1H3,(H,23,24). The fourth-order valence-electron chi connectivity index (χ4n) is 2.48. The molecule has 128 valence electrons. The Morgan fingerprint density at radius 1 is 1.17 bits per heavy atom. The van der Waals surface area contributed by atoms with Gasteiger partial charge in [0.2, 0.25) is 0 Å². The summed E-state index contributed by atoms with van der Waals surface area (Å²) in [6, 6.07) is 10.5.